The lowest BCUT2D eigenvalue weighted by Crippen LogP contribution is -2.30. The standard InChI is InChI=1S/C21H29NO/c1-6-15-18(14-9-7-8-10-14)20(13(2)3)22-16-11-21(4,5)12-17(23)19(15)16/h7,9,13-14H,6,8,10-12H2,1-5H3. The molecule has 0 aromatic carbocycles. The molecule has 2 aliphatic carbocycles. The van der Waals surface area contributed by atoms with E-state index in [2.05, 4.69) is 46.8 Å². The zero-order valence-corrected chi connectivity index (χ0v) is 15.2. The van der Waals surface area contributed by atoms with Crippen molar-refractivity contribution in [2.75, 3.05) is 0 Å². The Morgan fingerprint density at radius 1 is 1.30 bits per heavy atom. The van der Waals surface area contributed by atoms with E-state index in [1.165, 1.54) is 16.8 Å². The van der Waals surface area contributed by atoms with E-state index in [-0.39, 0.29) is 5.41 Å². The molecule has 0 saturated heterocycles. The average Bonchev–Trinajstić information content (AvgIpc) is 2.97. The molecule has 0 fully saturated rings. The number of ketones is 1. The van der Waals surface area contributed by atoms with Crippen molar-refractivity contribution in [2.45, 2.75) is 78.6 Å². The second-order valence-electron chi connectivity index (χ2n) is 8.27. The van der Waals surface area contributed by atoms with E-state index in [4.69, 9.17) is 4.98 Å². The minimum Gasteiger partial charge on any atom is -0.294 e. The van der Waals surface area contributed by atoms with Crippen LogP contribution in [0.3, 0.4) is 0 Å². The van der Waals surface area contributed by atoms with E-state index in [9.17, 15) is 4.79 Å². The number of hydrogen-bond donors (Lipinski definition) is 0. The van der Waals surface area contributed by atoms with Crippen molar-refractivity contribution in [2.24, 2.45) is 5.41 Å². The molecule has 2 aliphatic rings. The van der Waals surface area contributed by atoms with E-state index in [1.807, 2.05) is 0 Å². The lowest BCUT2D eigenvalue weighted by atomic mass is 9.72. The molecular formula is C21H29NO. The van der Waals surface area contributed by atoms with Gasteiger partial charge in [-0.15, -0.1) is 0 Å². The maximum atomic E-state index is 12.9. The number of nitrogens with zero attached hydrogens (tertiary/aromatic N) is 1. The number of Topliss-reactive ketones (excluding diaryl/α,β-unsaturated/α-hetero) is 1. The van der Waals surface area contributed by atoms with E-state index in [0.717, 1.165) is 36.9 Å². The Morgan fingerprint density at radius 3 is 2.61 bits per heavy atom. The summed E-state index contributed by atoms with van der Waals surface area (Å²) in [4.78, 5) is 17.9. The first-order valence-electron chi connectivity index (χ1n) is 9.09. The highest BCUT2D eigenvalue weighted by molar-refractivity contribution is 6.00. The first-order valence-corrected chi connectivity index (χ1v) is 9.09. The lowest BCUT2D eigenvalue weighted by Gasteiger charge is -2.33. The van der Waals surface area contributed by atoms with Crippen LogP contribution < -0.4 is 0 Å². The molecule has 1 aromatic rings. The fourth-order valence-electron chi connectivity index (χ4n) is 4.32. The molecule has 124 valence electrons. The molecule has 0 aliphatic heterocycles. The second-order valence-corrected chi connectivity index (χ2v) is 8.27. The summed E-state index contributed by atoms with van der Waals surface area (Å²) < 4.78 is 0. The normalized spacial score (nSPS) is 22.7. The van der Waals surface area contributed by atoms with Crippen molar-refractivity contribution in [3.05, 3.63) is 40.2 Å². The van der Waals surface area contributed by atoms with Crippen molar-refractivity contribution in [1.82, 2.24) is 4.98 Å². The number of fused-ring (bicyclic) bond motifs is 1. The van der Waals surface area contributed by atoms with Gasteiger partial charge < -0.3 is 0 Å². The molecular weight excluding hydrogens is 282 g/mol. The van der Waals surface area contributed by atoms with Gasteiger partial charge in [-0.3, -0.25) is 9.78 Å². The van der Waals surface area contributed by atoms with E-state index in [0.29, 0.717) is 24.0 Å². The van der Waals surface area contributed by atoms with Gasteiger partial charge in [0.15, 0.2) is 5.78 Å². The zero-order chi connectivity index (χ0) is 16.8. The molecule has 23 heavy (non-hydrogen) atoms. The Bertz CT molecular complexity index is 667. The van der Waals surface area contributed by atoms with Crippen LogP contribution in [-0.4, -0.2) is 10.8 Å². The van der Waals surface area contributed by atoms with Crippen molar-refractivity contribution >= 4 is 5.78 Å². The van der Waals surface area contributed by atoms with Crippen molar-refractivity contribution in [1.29, 1.82) is 0 Å². The van der Waals surface area contributed by atoms with Crippen LogP contribution in [0.1, 0.15) is 98.6 Å². The molecule has 1 heterocycles. The highest BCUT2D eigenvalue weighted by atomic mass is 16.1. The first kappa shape index (κ1) is 16.4. The van der Waals surface area contributed by atoms with Crippen LogP contribution in [0.25, 0.3) is 0 Å². The predicted molar refractivity (Wildman–Crippen MR) is 95.3 cm³/mol. The maximum Gasteiger partial charge on any atom is 0.165 e. The summed E-state index contributed by atoms with van der Waals surface area (Å²) >= 11 is 0. The molecule has 0 bridgehead atoms. The third kappa shape index (κ3) is 2.88. The summed E-state index contributed by atoms with van der Waals surface area (Å²) in [5.41, 5.74) is 5.93. The fraction of sp³-hybridized carbons (Fsp3) is 0.619. The lowest BCUT2D eigenvalue weighted by molar-refractivity contribution is 0.0908. The van der Waals surface area contributed by atoms with Crippen molar-refractivity contribution in [3.63, 3.8) is 0 Å². The Hall–Kier alpha value is -1.44. The van der Waals surface area contributed by atoms with Crippen LogP contribution in [0, 0.1) is 5.41 Å². The number of allylic oxidation sites excluding steroid dienone is 2. The monoisotopic (exact) mass is 311 g/mol. The van der Waals surface area contributed by atoms with Crippen molar-refractivity contribution in [3.8, 4) is 0 Å². The van der Waals surface area contributed by atoms with Crippen LogP contribution >= 0.6 is 0 Å². The van der Waals surface area contributed by atoms with Gasteiger partial charge in [0.05, 0.1) is 5.69 Å². The Kier molecular flexibility index (Phi) is 4.20. The number of aromatic nitrogens is 1. The summed E-state index contributed by atoms with van der Waals surface area (Å²) in [5.74, 6) is 1.15. The second kappa shape index (κ2) is 5.89. The molecule has 0 spiro atoms. The average molecular weight is 311 g/mol. The summed E-state index contributed by atoms with van der Waals surface area (Å²) in [6, 6.07) is 0. The number of hydrogen-bond acceptors (Lipinski definition) is 2. The third-order valence-electron chi connectivity index (χ3n) is 5.29. The van der Waals surface area contributed by atoms with Gasteiger partial charge in [-0.2, -0.15) is 0 Å². The van der Waals surface area contributed by atoms with Gasteiger partial charge in [-0.05, 0) is 48.1 Å². The Morgan fingerprint density at radius 2 is 2.04 bits per heavy atom. The molecule has 2 nitrogen and oxygen atoms in total. The van der Waals surface area contributed by atoms with Gasteiger partial charge in [0, 0.05) is 23.6 Å². The number of carbonyl (C=O) groups is 1. The van der Waals surface area contributed by atoms with Crippen LogP contribution in [0.4, 0.5) is 0 Å². The largest absolute Gasteiger partial charge is 0.294 e. The number of rotatable bonds is 3. The molecule has 0 amide bonds. The number of pyridine rings is 1. The maximum absolute atomic E-state index is 12.9. The summed E-state index contributed by atoms with van der Waals surface area (Å²) in [6.45, 7) is 11.0. The van der Waals surface area contributed by atoms with Crippen LogP contribution in [0.5, 0.6) is 0 Å². The molecule has 2 heteroatoms. The van der Waals surface area contributed by atoms with Gasteiger partial charge in [0.2, 0.25) is 0 Å². The third-order valence-corrected chi connectivity index (χ3v) is 5.29. The van der Waals surface area contributed by atoms with Gasteiger partial charge in [-0.1, -0.05) is 46.8 Å². The SMILES string of the molecule is CCc1c2c(nc(C(C)C)c1C1C=CCC1)CC(C)(C)CC2=O. The summed E-state index contributed by atoms with van der Waals surface area (Å²) in [7, 11) is 0. The van der Waals surface area contributed by atoms with E-state index < -0.39 is 0 Å². The molecule has 1 atom stereocenters. The van der Waals surface area contributed by atoms with E-state index >= 15 is 0 Å². The van der Waals surface area contributed by atoms with Crippen LogP contribution in [-0.2, 0) is 12.8 Å². The highest BCUT2D eigenvalue weighted by Crippen LogP contribution is 2.42. The van der Waals surface area contributed by atoms with Gasteiger partial charge in [0.1, 0.15) is 0 Å². The molecule has 0 saturated carbocycles. The topological polar surface area (TPSA) is 30.0 Å². The minimum atomic E-state index is 0.0329. The Labute approximate surface area is 140 Å². The molecule has 0 N–H and O–H groups in total. The summed E-state index contributed by atoms with van der Waals surface area (Å²) in [6.07, 6.45) is 9.40. The van der Waals surface area contributed by atoms with Gasteiger partial charge in [-0.25, -0.2) is 0 Å². The van der Waals surface area contributed by atoms with Gasteiger partial charge >= 0.3 is 0 Å². The Balaban J connectivity index is 2.26. The zero-order valence-electron chi connectivity index (χ0n) is 15.2. The predicted octanol–water partition coefficient (Wildman–Crippen LogP) is 5.36. The summed E-state index contributed by atoms with van der Waals surface area (Å²) in [5, 5.41) is 0. The smallest absolute Gasteiger partial charge is 0.165 e. The van der Waals surface area contributed by atoms with Gasteiger partial charge in [0.25, 0.3) is 0 Å². The minimum absolute atomic E-state index is 0.0329. The van der Waals surface area contributed by atoms with Crippen LogP contribution in [0.15, 0.2) is 12.2 Å². The molecule has 0 radical (unpaired) electrons. The van der Waals surface area contributed by atoms with Crippen LogP contribution in [0.2, 0.25) is 0 Å². The van der Waals surface area contributed by atoms with Crippen molar-refractivity contribution < 1.29 is 4.79 Å². The molecule has 1 aromatic heterocycles. The quantitative estimate of drug-likeness (QED) is 0.704. The van der Waals surface area contributed by atoms with E-state index in [1.54, 1.807) is 0 Å². The number of carbonyl (C=O) groups excluding carboxylic acids is 1. The highest BCUT2D eigenvalue weighted by Gasteiger charge is 2.36. The molecule has 3 rings (SSSR count). The first-order chi connectivity index (χ1) is 10.8. The molecule has 1 unspecified atom stereocenters. The fourth-order valence-corrected chi connectivity index (χ4v) is 4.32.